The largest absolute Gasteiger partial charge is 0.514 e. The van der Waals surface area contributed by atoms with Crippen molar-refractivity contribution in [1.29, 1.82) is 0 Å². The Kier molecular flexibility index (Phi) is 9.26. The first-order valence-electron chi connectivity index (χ1n) is 6.71. The van der Waals surface area contributed by atoms with Crippen molar-refractivity contribution < 1.29 is 23.8 Å². The number of hydrogen-bond donors (Lipinski definition) is 0. The number of carbonyl (C=O) groups is 2. The Hall–Kier alpha value is -0.840. The predicted octanol–water partition coefficient (Wildman–Crippen LogP) is 5.47. The van der Waals surface area contributed by atoms with Crippen LogP contribution in [0.4, 0.5) is 4.79 Å². The molecule has 0 atom stereocenters. The number of halogens is 2. The van der Waals surface area contributed by atoms with E-state index >= 15 is 0 Å². The van der Waals surface area contributed by atoms with Crippen molar-refractivity contribution >= 4 is 57.3 Å². The van der Waals surface area contributed by atoms with Gasteiger partial charge in [0, 0.05) is 14.7 Å². The van der Waals surface area contributed by atoms with Gasteiger partial charge in [-0.2, -0.15) is 0 Å². The summed E-state index contributed by atoms with van der Waals surface area (Å²) in [6, 6.07) is 3.64. The van der Waals surface area contributed by atoms with Crippen LogP contribution in [0.1, 0.15) is 40.7 Å². The molecule has 0 radical (unpaired) electrons. The van der Waals surface area contributed by atoms with Crippen LogP contribution in [-0.2, 0) is 20.9 Å². The van der Waals surface area contributed by atoms with Gasteiger partial charge >= 0.3 is 12.1 Å². The summed E-state index contributed by atoms with van der Waals surface area (Å²) in [5.74, 6) is -0.170. The molecular formula is C17H22I2O5. The van der Waals surface area contributed by atoms with E-state index < -0.39 is 17.7 Å². The first-order valence-corrected chi connectivity index (χ1v) is 8.86. The average Bonchev–Trinajstić information content (AvgIpc) is 2.37. The molecule has 0 aliphatic carbocycles. The summed E-state index contributed by atoms with van der Waals surface area (Å²) in [6.45, 7) is 10.3. The minimum Gasteiger partial charge on any atom is -0.457 e. The number of benzene rings is 1. The van der Waals surface area contributed by atoms with E-state index in [0.29, 0.717) is 16.9 Å². The molecule has 0 amide bonds. The first kappa shape index (κ1) is 23.2. The Morgan fingerprint density at radius 2 is 1.79 bits per heavy atom. The van der Waals surface area contributed by atoms with Crippen molar-refractivity contribution in [2.24, 2.45) is 0 Å². The highest BCUT2D eigenvalue weighted by Crippen LogP contribution is 2.30. The van der Waals surface area contributed by atoms with E-state index in [4.69, 9.17) is 14.2 Å². The zero-order valence-corrected chi connectivity index (χ0v) is 17.7. The van der Waals surface area contributed by atoms with Crippen LogP contribution in [0.15, 0.2) is 24.3 Å². The van der Waals surface area contributed by atoms with E-state index in [-0.39, 0.29) is 14.0 Å². The highest BCUT2D eigenvalue weighted by molar-refractivity contribution is 14.1. The van der Waals surface area contributed by atoms with Gasteiger partial charge in [-0.25, -0.2) is 9.59 Å². The molecular weight excluding hydrogens is 538 g/mol. The third-order valence-electron chi connectivity index (χ3n) is 2.37. The topological polar surface area (TPSA) is 61.8 Å². The van der Waals surface area contributed by atoms with Crippen molar-refractivity contribution in [2.45, 2.75) is 47.3 Å². The molecule has 0 fully saturated rings. The quantitative estimate of drug-likeness (QED) is 0.212. The van der Waals surface area contributed by atoms with Crippen LogP contribution in [-0.4, -0.2) is 17.7 Å². The Balaban J connectivity index is 0.00000529. The van der Waals surface area contributed by atoms with Gasteiger partial charge in [-0.15, -0.1) is 0 Å². The molecule has 0 unspecified atom stereocenters. The molecule has 0 saturated heterocycles. The smallest absolute Gasteiger partial charge is 0.457 e. The standard InChI is InChI=1S/C16H18I2O5.CH4/c1-9(2)14(19)21-8-10-6-11(17)7-12(18)13(10)22-15(20)23-16(3,4)5;/h6-7H,1,8H2,2-5H3;1H4. The zero-order valence-electron chi connectivity index (χ0n) is 13.4. The van der Waals surface area contributed by atoms with E-state index in [1.54, 1.807) is 33.8 Å². The van der Waals surface area contributed by atoms with Crippen molar-refractivity contribution in [1.82, 2.24) is 0 Å². The third kappa shape index (κ3) is 7.82. The van der Waals surface area contributed by atoms with E-state index in [2.05, 4.69) is 51.8 Å². The minimum atomic E-state index is -0.802. The fourth-order valence-electron chi connectivity index (χ4n) is 1.46. The molecule has 0 heterocycles. The Morgan fingerprint density at radius 1 is 1.21 bits per heavy atom. The minimum absolute atomic E-state index is 0. The monoisotopic (exact) mass is 560 g/mol. The number of carbonyl (C=O) groups excluding carboxylic acids is 2. The summed E-state index contributed by atoms with van der Waals surface area (Å²) >= 11 is 4.20. The molecule has 0 spiro atoms. The van der Waals surface area contributed by atoms with Gasteiger partial charge in [0.2, 0.25) is 0 Å². The fraction of sp³-hybridized carbons (Fsp3) is 0.412. The van der Waals surface area contributed by atoms with Gasteiger partial charge in [0.25, 0.3) is 0 Å². The lowest BCUT2D eigenvalue weighted by molar-refractivity contribution is -0.140. The maximum Gasteiger partial charge on any atom is 0.514 e. The maximum atomic E-state index is 11.9. The van der Waals surface area contributed by atoms with Gasteiger partial charge in [0.1, 0.15) is 12.2 Å². The van der Waals surface area contributed by atoms with Gasteiger partial charge < -0.3 is 14.2 Å². The normalized spacial score (nSPS) is 10.4. The summed E-state index contributed by atoms with van der Waals surface area (Å²) in [6.07, 6.45) is -0.802. The van der Waals surface area contributed by atoms with Crippen molar-refractivity contribution in [3.8, 4) is 5.75 Å². The molecule has 24 heavy (non-hydrogen) atoms. The fourth-order valence-corrected chi connectivity index (χ4v) is 3.53. The third-order valence-corrected chi connectivity index (χ3v) is 3.79. The lowest BCUT2D eigenvalue weighted by Gasteiger charge is -2.20. The lowest BCUT2D eigenvalue weighted by atomic mass is 10.2. The number of esters is 1. The van der Waals surface area contributed by atoms with Gasteiger partial charge in [-0.3, -0.25) is 0 Å². The van der Waals surface area contributed by atoms with Crippen LogP contribution in [0.5, 0.6) is 5.75 Å². The Bertz CT molecular complexity index is 633. The van der Waals surface area contributed by atoms with Gasteiger partial charge in [0.05, 0.1) is 3.57 Å². The van der Waals surface area contributed by atoms with Crippen LogP contribution >= 0.6 is 45.2 Å². The summed E-state index contributed by atoms with van der Waals surface area (Å²) in [5, 5.41) is 0. The molecule has 1 rings (SSSR count). The molecule has 0 aliphatic heterocycles. The van der Waals surface area contributed by atoms with E-state index in [1.165, 1.54) is 0 Å². The predicted molar refractivity (Wildman–Crippen MR) is 110 cm³/mol. The average molecular weight is 560 g/mol. The highest BCUT2D eigenvalue weighted by Gasteiger charge is 2.21. The van der Waals surface area contributed by atoms with Crippen LogP contribution in [0, 0.1) is 7.14 Å². The van der Waals surface area contributed by atoms with E-state index in [0.717, 1.165) is 7.14 Å². The molecule has 0 aromatic heterocycles. The Labute approximate surface area is 170 Å². The first-order chi connectivity index (χ1) is 10.5. The molecule has 7 heteroatoms. The number of hydrogen-bond acceptors (Lipinski definition) is 5. The molecule has 0 N–H and O–H groups in total. The van der Waals surface area contributed by atoms with Gasteiger partial charge in [-0.05, 0) is 85.0 Å². The van der Waals surface area contributed by atoms with E-state index in [9.17, 15) is 9.59 Å². The van der Waals surface area contributed by atoms with Crippen molar-refractivity contribution in [3.63, 3.8) is 0 Å². The van der Waals surface area contributed by atoms with E-state index in [1.807, 2.05) is 6.07 Å². The lowest BCUT2D eigenvalue weighted by Crippen LogP contribution is -2.26. The molecule has 1 aromatic rings. The van der Waals surface area contributed by atoms with Gasteiger partial charge in [-0.1, -0.05) is 14.0 Å². The summed E-state index contributed by atoms with van der Waals surface area (Å²) in [4.78, 5) is 23.4. The van der Waals surface area contributed by atoms with Crippen LogP contribution in [0.2, 0.25) is 0 Å². The molecule has 0 aliphatic rings. The zero-order chi connectivity index (χ0) is 17.8. The second-order valence-corrected chi connectivity index (χ2v) is 8.21. The molecule has 134 valence electrons. The second-order valence-electron chi connectivity index (χ2n) is 5.80. The summed E-state index contributed by atoms with van der Waals surface area (Å²) < 4.78 is 17.3. The van der Waals surface area contributed by atoms with Crippen LogP contribution in [0.3, 0.4) is 0 Å². The molecule has 0 bridgehead atoms. The molecule has 1 aromatic carbocycles. The van der Waals surface area contributed by atoms with Gasteiger partial charge in [0.15, 0.2) is 5.75 Å². The SMILES string of the molecule is C.C=C(C)C(=O)OCc1cc(I)cc(I)c1OC(=O)OC(C)(C)C. The van der Waals surface area contributed by atoms with Crippen LogP contribution < -0.4 is 4.74 Å². The van der Waals surface area contributed by atoms with Crippen LogP contribution in [0.25, 0.3) is 0 Å². The summed E-state index contributed by atoms with van der Waals surface area (Å²) in [5.41, 5.74) is 0.236. The second kappa shape index (κ2) is 9.59. The van der Waals surface area contributed by atoms with Crippen molar-refractivity contribution in [2.75, 3.05) is 0 Å². The molecule has 5 nitrogen and oxygen atoms in total. The Morgan fingerprint density at radius 3 is 2.29 bits per heavy atom. The number of rotatable bonds is 4. The van der Waals surface area contributed by atoms with Crippen molar-refractivity contribution in [3.05, 3.63) is 37.0 Å². The highest BCUT2D eigenvalue weighted by atomic mass is 127. The maximum absolute atomic E-state index is 11.9. The number of ether oxygens (including phenoxy) is 3. The summed E-state index contributed by atoms with van der Waals surface area (Å²) in [7, 11) is 0. The molecule has 0 saturated carbocycles.